The molecule has 2 rings (SSSR count). The van der Waals surface area contributed by atoms with E-state index in [2.05, 4.69) is 5.32 Å². The Bertz CT molecular complexity index is 940. The fourth-order valence-corrected chi connectivity index (χ4v) is 4.23. The lowest BCUT2D eigenvalue weighted by Crippen LogP contribution is -2.45. The van der Waals surface area contributed by atoms with Crippen LogP contribution >= 0.6 is 11.6 Å². The minimum absolute atomic E-state index is 0.371. The Kier molecular flexibility index (Phi) is 6.38. The molecule has 0 aliphatic heterocycles. The number of methoxy groups -OCH3 is 1. The molecule has 0 bridgehead atoms. The number of benzene rings is 2. The predicted molar refractivity (Wildman–Crippen MR) is 109 cm³/mol. The van der Waals surface area contributed by atoms with E-state index in [9.17, 15) is 13.2 Å². The van der Waals surface area contributed by atoms with E-state index in [0.29, 0.717) is 22.1 Å². The zero-order valence-electron chi connectivity index (χ0n) is 15.9. The highest BCUT2D eigenvalue weighted by Gasteiger charge is 2.30. The molecule has 0 spiro atoms. The summed E-state index contributed by atoms with van der Waals surface area (Å²) in [5.41, 5.74) is 2.62. The van der Waals surface area contributed by atoms with Crippen LogP contribution in [0.3, 0.4) is 0 Å². The molecule has 0 aliphatic carbocycles. The molecule has 0 saturated heterocycles. The molecular weight excluding hydrogens is 388 g/mol. The average Bonchev–Trinajstić information content (AvgIpc) is 2.52. The van der Waals surface area contributed by atoms with E-state index in [4.69, 9.17) is 16.3 Å². The van der Waals surface area contributed by atoms with Crippen molar-refractivity contribution in [1.29, 1.82) is 0 Å². The van der Waals surface area contributed by atoms with Crippen molar-refractivity contribution in [2.75, 3.05) is 23.0 Å². The predicted octanol–water partition coefficient (Wildman–Crippen LogP) is 3.76. The second-order valence-corrected chi connectivity index (χ2v) is 8.71. The molecule has 0 aliphatic rings. The van der Waals surface area contributed by atoms with Crippen LogP contribution in [0.2, 0.25) is 5.02 Å². The van der Waals surface area contributed by atoms with Crippen molar-refractivity contribution in [3.05, 3.63) is 52.5 Å². The van der Waals surface area contributed by atoms with Crippen LogP contribution in [0, 0.1) is 13.8 Å². The lowest BCUT2D eigenvalue weighted by molar-refractivity contribution is -0.116. The van der Waals surface area contributed by atoms with E-state index in [1.165, 1.54) is 14.0 Å². The van der Waals surface area contributed by atoms with Gasteiger partial charge in [-0.3, -0.25) is 9.10 Å². The molecule has 0 aromatic heterocycles. The first kappa shape index (κ1) is 21.1. The highest BCUT2D eigenvalue weighted by Crippen LogP contribution is 2.29. The number of halogens is 1. The van der Waals surface area contributed by atoms with E-state index in [1.807, 2.05) is 19.9 Å². The van der Waals surface area contributed by atoms with Crippen LogP contribution in [0.4, 0.5) is 11.4 Å². The summed E-state index contributed by atoms with van der Waals surface area (Å²) in [6.07, 6.45) is 1.08. The number of aryl methyl sites for hydroxylation is 2. The van der Waals surface area contributed by atoms with Crippen molar-refractivity contribution >= 4 is 38.9 Å². The van der Waals surface area contributed by atoms with Crippen LogP contribution in [-0.2, 0) is 14.8 Å². The third-order valence-electron chi connectivity index (χ3n) is 3.97. The Morgan fingerprint density at radius 1 is 1.15 bits per heavy atom. The fourth-order valence-electron chi connectivity index (χ4n) is 2.90. The Balaban J connectivity index is 2.40. The summed E-state index contributed by atoms with van der Waals surface area (Å²) in [5.74, 6) is -0.0718. The first-order valence-corrected chi connectivity index (χ1v) is 10.5. The first-order valence-electron chi connectivity index (χ1n) is 8.25. The zero-order chi connectivity index (χ0) is 20.4. The van der Waals surface area contributed by atoms with Crippen LogP contribution in [0.25, 0.3) is 0 Å². The van der Waals surface area contributed by atoms with Crippen LogP contribution < -0.4 is 14.4 Å². The molecule has 146 valence electrons. The summed E-state index contributed by atoms with van der Waals surface area (Å²) in [5, 5.41) is 3.12. The molecule has 6 nitrogen and oxygen atoms in total. The molecule has 0 fully saturated rings. The van der Waals surface area contributed by atoms with Gasteiger partial charge in [-0.25, -0.2) is 8.42 Å². The largest absolute Gasteiger partial charge is 0.495 e. The summed E-state index contributed by atoms with van der Waals surface area (Å²) in [6.45, 7) is 5.28. The maximum atomic E-state index is 12.8. The smallest absolute Gasteiger partial charge is 0.248 e. The third-order valence-corrected chi connectivity index (χ3v) is 5.45. The van der Waals surface area contributed by atoms with Gasteiger partial charge in [-0.2, -0.15) is 0 Å². The number of nitrogens with one attached hydrogen (secondary N) is 1. The molecule has 8 heteroatoms. The van der Waals surface area contributed by atoms with Crippen molar-refractivity contribution in [3.8, 4) is 5.75 Å². The topological polar surface area (TPSA) is 75.7 Å². The van der Waals surface area contributed by atoms with Crippen molar-refractivity contribution in [2.45, 2.75) is 26.8 Å². The molecule has 1 atom stereocenters. The normalized spacial score (nSPS) is 12.4. The number of sulfonamides is 1. The molecule has 27 heavy (non-hydrogen) atoms. The van der Waals surface area contributed by atoms with Gasteiger partial charge in [0.25, 0.3) is 0 Å². The monoisotopic (exact) mass is 410 g/mol. The number of nitrogens with zero attached hydrogens (tertiary/aromatic N) is 1. The standard InChI is InChI=1S/C19H23ClN2O4S/c1-12-8-13(2)10-16(9-12)22(27(5,24)25)14(3)19(23)21-17-11-15(20)6-7-18(17)26-4/h6-11,14H,1-5H3,(H,21,23)/t14-/m0/s1. The molecule has 2 aromatic rings. The van der Waals surface area contributed by atoms with Crippen molar-refractivity contribution in [3.63, 3.8) is 0 Å². The highest BCUT2D eigenvalue weighted by atomic mass is 35.5. The minimum atomic E-state index is -3.70. The summed E-state index contributed by atoms with van der Waals surface area (Å²) < 4.78 is 31.2. The lowest BCUT2D eigenvalue weighted by atomic mass is 10.1. The van der Waals surface area contributed by atoms with Crippen LogP contribution in [0.15, 0.2) is 36.4 Å². The molecule has 0 saturated carbocycles. The number of rotatable bonds is 6. The number of carbonyl (C=O) groups is 1. The van der Waals surface area contributed by atoms with Gasteiger partial charge in [0.05, 0.1) is 24.7 Å². The summed E-state index contributed by atoms with van der Waals surface area (Å²) in [6, 6.07) is 9.23. The van der Waals surface area contributed by atoms with Gasteiger partial charge in [0, 0.05) is 5.02 Å². The van der Waals surface area contributed by atoms with Crippen LogP contribution in [0.5, 0.6) is 5.75 Å². The fraction of sp³-hybridized carbons (Fsp3) is 0.316. The second-order valence-electron chi connectivity index (χ2n) is 6.41. The van der Waals surface area contributed by atoms with Gasteiger partial charge < -0.3 is 10.1 Å². The lowest BCUT2D eigenvalue weighted by Gasteiger charge is -2.29. The molecule has 0 unspecified atom stereocenters. The number of carbonyl (C=O) groups excluding carboxylic acids is 1. The number of amides is 1. The number of ether oxygens (including phenoxy) is 1. The second kappa shape index (κ2) is 8.19. The van der Waals surface area contributed by atoms with E-state index in [1.54, 1.807) is 30.3 Å². The Morgan fingerprint density at radius 2 is 1.74 bits per heavy atom. The van der Waals surface area contributed by atoms with E-state index in [-0.39, 0.29) is 0 Å². The SMILES string of the molecule is COc1ccc(Cl)cc1NC(=O)[C@H](C)N(c1cc(C)cc(C)c1)S(C)(=O)=O. The average molecular weight is 411 g/mol. The van der Waals surface area contributed by atoms with Gasteiger partial charge in [-0.15, -0.1) is 0 Å². The Hall–Kier alpha value is -2.25. The van der Waals surface area contributed by atoms with E-state index in [0.717, 1.165) is 21.7 Å². The van der Waals surface area contributed by atoms with Crippen LogP contribution in [-0.4, -0.2) is 33.7 Å². The summed E-state index contributed by atoms with van der Waals surface area (Å²) >= 11 is 5.99. The maximum Gasteiger partial charge on any atom is 0.248 e. The summed E-state index contributed by atoms with van der Waals surface area (Å²) in [4.78, 5) is 12.8. The van der Waals surface area contributed by atoms with Gasteiger partial charge in [-0.05, 0) is 62.2 Å². The first-order chi connectivity index (χ1) is 12.5. The number of hydrogen-bond donors (Lipinski definition) is 1. The van der Waals surface area contributed by atoms with E-state index < -0.39 is 22.0 Å². The maximum absolute atomic E-state index is 12.8. The van der Waals surface area contributed by atoms with Crippen molar-refractivity contribution in [1.82, 2.24) is 0 Å². The minimum Gasteiger partial charge on any atom is -0.495 e. The molecule has 1 amide bonds. The molecule has 2 aromatic carbocycles. The highest BCUT2D eigenvalue weighted by molar-refractivity contribution is 7.92. The quantitative estimate of drug-likeness (QED) is 0.786. The zero-order valence-corrected chi connectivity index (χ0v) is 17.5. The summed E-state index contributed by atoms with van der Waals surface area (Å²) in [7, 11) is -2.22. The Morgan fingerprint density at radius 3 is 2.26 bits per heavy atom. The molecular formula is C19H23ClN2O4S. The van der Waals surface area contributed by atoms with Gasteiger partial charge in [0.1, 0.15) is 11.8 Å². The Labute approximate surface area is 165 Å². The third kappa shape index (κ3) is 5.14. The van der Waals surface area contributed by atoms with Gasteiger partial charge in [0.15, 0.2) is 0 Å². The van der Waals surface area contributed by atoms with Crippen LogP contribution in [0.1, 0.15) is 18.1 Å². The van der Waals surface area contributed by atoms with Crippen molar-refractivity contribution < 1.29 is 17.9 Å². The number of hydrogen-bond acceptors (Lipinski definition) is 4. The van der Waals surface area contributed by atoms with Crippen molar-refractivity contribution in [2.24, 2.45) is 0 Å². The molecule has 1 N–H and O–H groups in total. The van der Waals surface area contributed by atoms with Gasteiger partial charge in [0.2, 0.25) is 15.9 Å². The van der Waals surface area contributed by atoms with Gasteiger partial charge in [-0.1, -0.05) is 17.7 Å². The molecule has 0 radical (unpaired) electrons. The van der Waals surface area contributed by atoms with E-state index >= 15 is 0 Å². The van der Waals surface area contributed by atoms with Gasteiger partial charge >= 0.3 is 0 Å². The molecule has 0 heterocycles. The number of anilines is 2.